The summed E-state index contributed by atoms with van der Waals surface area (Å²) in [6.07, 6.45) is 2.36. The van der Waals surface area contributed by atoms with E-state index in [0.29, 0.717) is 6.42 Å². The zero-order chi connectivity index (χ0) is 20.8. The van der Waals surface area contributed by atoms with Crippen LogP contribution in [-0.2, 0) is 6.42 Å². The van der Waals surface area contributed by atoms with Crippen molar-refractivity contribution in [3.8, 4) is 11.1 Å². The van der Waals surface area contributed by atoms with E-state index in [9.17, 15) is 4.79 Å². The molecule has 2 aromatic carbocycles. The Labute approximate surface area is 174 Å². The molecule has 0 fully saturated rings. The van der Waals surface area contributed by atoms with Gasteiger partial charge in [-0.25, -0.2) is 0 Å². The lowest BCUT2D eigenvalue weighted by Crippen LogP contribution is -2.17. The van der Waals surface area contributed by atoms with Crippen LogP contribution in [-0.4, -0.2) is 24.4 Å². The number of rotatable bonds is 8. The van der Waals surface area contributed by atoms with E-state index in [2.05, 4.69) is 54.2 Å². The first kappa shape index (κ1) is 20.8. The highest BCUT2D eigenvalue weighted by atomic mass is 16.1. The lowest BCUT2D eigenvalue weighted by Gasteiger charge is -2.18. The summed E-state index contributed by atoms with van der Waals surface area (Å²) in [5.41, 5.74) is 7.46. The third kappa shape index (κ3) is 5.32. The number of anilines is 1. The first-order valence-electron chi connectivity index (χ1n) is 10.4. The molecular weight excluding hydrogens is 356 g/mol. The standard InChI is InChI=1S/C26H30N2O/c1-5-18-28(4)25-15-12-23(13-16-25)22-8-10-24(11-9-22)26(29)17-14-21-7-6-19(2)27-20(21)3/h6-13,15-16H,5,14,17-18H2,1-4H3. The number of Topliss-reactive ketones (excluding diaryl/α,β-unsaturated/α-hetero) is 1. The largest absolute Gasteiger partial charge is 0.375 e. The van der Waals surface area contributed by atoms with E-state index in [1.807, 2.05) is 44.2 Å². The van der Waals surface area contributed by atoms with Crippen LogP contribution < -0.4 is 4.90 Å². The van der Waals surface area contributed by atoms with Crippen molar-refractivity contribution in [3.05, 3.63) is 83.2 Å². The smallest absolute Gasteiger partial charge is 0.163 e. The average Bonchev–Trinajstić information content (AvgIpc) is 2.73. The first-order chi connectivity index (χ1) is 14.0. The van der Waals surface area contributed by atoms with Crippen molar-refractivity contribution in [2.45, 2.75) is 40.0 Å². The zero-order valence-electron chi connectivity index (χ0n) is 17.9. The van der Waals surface area contributed by atoms with Crippen molar-refractivity contribution >= 4 is 11.5 Å². The van der Waals surface area contributed by atoms with E-state index in [0.717, 1.165) is 47.5 Å². The predicted molar refractivity (Wildman–Crippen MR) is 122 cm³/mol. The van der Waals surface area contributed by atoms with Crippen LogP contribution >= 0.6 is 0 Å². The number of ketones is 1. The SMILES string of the molecule is CCCN(C)c1ccc(-c2ccc(C(=O)CCc3ccc(C)nc3C)cc2)cc1. The van der Waals surface area contributed by atoms with Gasteiger partial charge in [0.15, 0.2) is 5.78 Å². The van der Waals surface area contributed by atoms with Crippen molar-refractivity contribution < 1.29 is 4.79 Å². The normalized spacial score (nSPS) is 10.8. The molecule has 0 N–H and O–H groups in total. The fourth-order valence-electron chi connectivity index (χ4n) is 3.59. The van der Waals surface area contributed by atoms with Gasteiger partial charge in [-0.1, -0.05) is 49.4 Å². The average molecular weight is 387 g/mol. The minimum absolute atomic E-state index is 0.174. The molecule has 1 aromatic heterocycles. The van der Waals surface area contributed by atoms with Gasteiger partial charge in [0.1, 0.15) is 0 Å². The summed E-state index contributed by atoms with van der Waals surface area (Å²) in [6, 6.07) is 20.6. The Morgan fingerprint density at radius 3 is 2.10 bits per heavy atom. The van der Waals surface area contributed by atoms with Gasteiger partial charge >= 0.3 is 0 Å². The van der Waals surface area contributed by atoms with Crippen LogP contribution in [0.15, 0.2) is 60.7 Å². The number of carbonyl (C=O) groups excluding carboxylic acids is 1. The number of aryl methyl sites for hydroxylation is 3. The van der Waals surface area contributed by atoms with Crippen LogP contribution in [0.5, 0.6) is 0 Å². The molecule has 0 atom stereocenters. The molecule has 3 nitrogen and oxygen atoms in total. The maximum absolute atomic E-state index is 12.6. The van der Waals surface area contributed by atoms with E-state index >= 15 is 0 Å². The summed E-state index contributed by atoms with van der Waals surface area (Å²) < 4.78 is 0. The third-order valence-electron chi connectivity index (χ3n) is 5.36. The fraction of sp³-hybridized carbons (Fsp3) is 0.308. The topological polar surface area (TPSA) is 33.2 Å². The number of nitrogens with zero attached hydrogens (tertiary/aromatic N) is 2. The van der Waals surface area contributed by atoms with Crippen LogP contribution in [0.3, 0.4) is 0 Å². The quantitative estimate of drug-likeness (QED) is 0.443. The molecule has 0 aliphatic heterocycles. The van der Waals surface area contributed by atoms with Gasteiger partial charge in [-0.2, -0.15) is 0 Å². The minimum atomic E-state index is 0.174. The third-order valence-corrected chi connectivity index (χ3v) is 5.36. The van der Waals surface area contributed by atoms with Crippen LogP contribution in [0.2, 0.25) is 0 Å². The number of hydrogen-bond acceptors (Lipinski definition) is 3. The molecule has 3 aromatic rings. The second-order valence-electron chi connectivity index (χ2n) is 7.67. The van der Waals surface area contributed by atoms with Crippen LogP contribution in [0.4, 0.5) is 5.69 Å². The molecular formula is C26H30N2O. The molecule has 0 radical (unpaired) electrons. The predicted octanol–water partition coefficient (Wildman–Crippen LogP) is 6.03. The lowest BCUT2D eigenvalue weighted by molar-refractivity contribution is 0.0983. The highest BCUT2D eigenvalue weighted by Crippen LogP contribution is 2.24. The number of carbonyl (C=O) groups is 1. The number of benzene rings is 2. The highest BCUT2D eigenvalue weighted by Gasteiger charge is 2.09. The molecule has 0 saturated heterocycles. The van der Waals surface area contributed by atoms with Gasteiger partial charge in [-0.3, -0.25) is 9.78 Å². The molecule has 150 valence electrons. The van der Waals surface area contributed by atoms with E-state index < -0.39 is 0 Å². The maximum Gasteiger partial charge on any atom is 0.163 e. The second-order valence-corrected chi connectivity index (χ2v) is 7.67. The summed E-state index contributed by atoms with van der Waals surface area (Å²) >= 11 is 0. The minimum Gasteiger partial charge on any atom is -0.375 e. The molecule has 0 amide bonds. The number of pyridine rings is 1. The van der Waals surface area contributed by atoms with Crippen LogP contribution in [0, 0.1) is 13.8 Å². The molecule has 1 heterocycles. The van der Waals surface area contributed by atoms with Crippen molar-refractivity contribution in [3.63, 3.8) is 0 Å². The summed E-state index contributed by atoms with van der Waals surface area (Å²) in [4.78, 5) is 19.3. The van der Waals surface area contributed by atoms with Gasteiger partial charge in [-0.05, 0) is 61.6 Å². The molecule has 0 aliphatic rings. The van der Waals surface area contributed by atoms with Gasteiger partial charge in [0.05, 0.1) is 0 Å². The monoisotopic (exact) mass is 386 g/mol. The van der Waals surface area contributed by atoms with Gasteiger partial charge in [0.25, 0.3) is 0 Å². The van der Waals surface area contributed by atoms with Gasteiger partial charge in [-0.15, -0.1) is 0 Å². The Hall–Kier alpha value is -2.94. The summed E-state index contributed by atoms with van der Waals surface area (Å²) in [6.45, 7) is 7.23. The fourth-order valence-corrected chi connectivity index (χ4v) is 3.59. The van der Waals surface area contributed by atoms with E-state index in [4.69, 9.17) is 0 Å². The van der Waals surface area contributed by atoms with Crippen molar-refractivity contribution in [2.24, 2.45) is 0 Å². The van der Waals surface area contributed by atoms with Crippen LogP contribution in [0.25, 0.3) is 11.1 Å². The van der Waals surface area contributed by atoms with Gasteiger partial charge in [0.2, 0.25) is 0 Å². The van der Waals surface area contributed by atoms with E-state index in [1.165, 1.54) is 11.3 Å². The zero-order valence-corrected chi connectivity index (χ0v) is 17.9. The number of hydrogen-bond donors (Lipinski definition) is 0. The lowest BCUT2D eigenvalue weighted by atomic mass is 9.99. The Balaban J connectivity index is 1.64. The molecule has 0 unspecified atom stereocenters. The Morgan fingerprint density at radius 1 is 0.897 bits per heavy atom. The van der Waals surface area contributed by atoms with E-state index in [-0.39, 0.29) is 5.78 Å². The Kier molecular flexibility index (Phi) is 6.82. The van der Waals surface area contributed by atoms with Crippen molar-refractivity contribution in [1.29, 1.82) is 0 Å². The molecule has 0 bridgehead atoms. The van der Waals surface area contributed by atoms with Crippen LogP contribution in [0.1, 0.15) is 47.1 Å². The molecule has 0 saturated carbocycles. The number of aromatic nitrogens is 1. The molecule has 3 rings (SSSR count). The second kappa shape index (κ2) is 9.51. The van der Waals surface area contributed by atoms with Gasteiger partial charge < -0.3 is 4.90 Å². The van der Waals surface area contributed by atoms with Crippen molar-refractivity contribution in [1.82, 2.24) is 4.98 Å². The summed E-state index contributed by atoms with van der Waals surface area (Å²) in [5, 5.41) is 0. The first-order valence-corrected chi connectivity index (χ1v) is 10.4. The summed E-state index contributed by atoms with van der Waals surface area (Å²) in [7, 11) is 2.12. The highest BCUT2D eigenvalue weighted by molar-refractivity contribution is 5.96. The Bertz CT molecular complexity index is 959. The molecule has 3 heteroatoms. The Morgan fingerprint density at radius 2 is 1.52 bits per heavy atom. The molecule has 0 spiro atoms. The summed E-state index contributed by atoms with van der Waals surface area (Å²) in [5.74, 6) is 0.174. The van der Waals surface area contributed by atoms with E-state index in [1.54, 1.807) is 0 Å². The van der Waals surface area contributed by atoms with Gasteiger partial charge in [0, 0.05) is 42.7 Å². The maximum atomic E-state index is 12.6. The molecule has 0 aliphatic carbocycles. The molecule has 29 heavy (non-hydrogen) atoms. The van der Waals surface area contributed by atoms with Crippen molar-refractivity contribution in [2.75, 3.05) is 18.5 Å².